The van der Waals surface area contributed by atoms with Gasteiger partial charge in [-0.3, -0.25) is 0 Å². The molecular weight excluding hydrogens is 220 g/mol. The van der Waals surface area contributed by atoms with Crippen molar-refractivity contribution in [2.75, 3.05) is 6.61 Å². The molecule has 1 unspecified atom stereocenters. The molecule has 1 heterocycles. The zero-order valence-electron chi connectivity index (χ0n) is 11.2. The molecule has 1 atom stereocenters. The summed E-state index contributed by atoms with van der Waals surface area (Å²) in [4.78, 5) is 0. The number of benzene rings is 1. The average molecular weight is 244 g/mol. The van der Waals surface area contributed by atoms with Gasteiger partial charge in [-0.15, -0.1) is 0 Å². The highest BCUT2D eigenvalue weighted by molar-refractivity contribution is 5.28. The highest BCUT2D eigenvalue weighted by Gasteiger charge is 2.42. The normalized spacial score (nSPS) is 27.9. The molecule has 1 nitrogen and oxygen atoms in total. The van der Waals surface area contributed by atoms with E-state index in [-0.39, 0.29) is 0 Å². The van der Waals surface area contributed by atoms with E-state index in [1.165, 1.54) is 56.9 Å². The van der Waals surface area contributed by atoms with Crippen LogP contribution >= 0.6 is 0 Å². The first-order valence-electron chi connectivity index (χ1n) is 7.59. The van der Waals surface area contributed by atoms with Crippen molar-refractivity contribution in [2.45, 2.75) is 62.9 Å². The van der Waals surface area contributed by atoms with Crippen molar-refractivity contribution >= 4 is 0 Å². The predicted octanol–water partition coefficient (Wildman–Crippen LogP) is 4.46. The second kappa shape index (κ2) is 5.44. The van der Waals surface area contributed by atoms with E-state index in [1.54, 1.807) is 0 Å². The molecule has 0 radical (unpaired) electrons. The van der Waals surface area contributed by atoms with Crippen LogP contribution in [0.25, 0.3) is 0 Å². The molecule has 0 spiro atoms. The van der Waals surface area contributed by atoms with E-state index in [2.05, 4.69) is 30.3 Å². The quantitative estimate of drug-likeness (QED) is 0.746. The summed E-state index contributed by atoms with van der Waals surface area (Å²) in [5.74, 6) is 0. The van der Waals surface area contributed by atoms with Crippen LogP contribution in [0.4, 0.5) is 0 Å². The molecule has 0 N–H and O–H groups in total. The molecule has 3 rings (SSSR count). The lowest BCUT2D eigenvalue weighted by atomic mass is 9.64. The molecule has 1 aromatic rings. The van der Waals surface area contributed by atoms with Gasteiger partial charge in [-0.2, -0.15) is 0 Å². The van der Waals surface area contributed by atoms with Crippen molar-refractivity contribution in [1.82, 2.24) is 0 Å². The topological polar surface area (TPSA) is 9.23 Å². The summed E-state index contributed by atoms with van der Waals surface area (Å²) in [7, 11) is 0. The van der Waals surface area contributed by atoms with Crippen molar-refractivity contribution in [3.63, 3.8) is 0 Å². The van der Waals surface area contributed by atoms with Crippen molar-refractivity contribution in [3.05, 3.63) is 35.9 Å². The molecule has 2 fully saturated rings. The number of rotatable bonds is 2. The van der Waals surface area contributed by atoms with Crippen LogP contribution in [0.3, 0.4) is 0 Å². The first-order chi connectivity index (χ1) is 8.92. The van der Waals surface area contributed by atoms with E-state index < -0.39 is 0 Å². The van der Waals surface area contributed by atoms with Crippen LogP contribution in [0.15, 0.2) is 30.3 Å². The van der Waals surface area contributed by atoms with E-state index in [0.717, 1.165) is 6.61 Å². The third-order valence-electron chi connectivity index (χ3n) is 4.89. The van der Waals surface area contributed by atoms with E-state index >= 15 is 0 Å². The van der Waals surface area contributed by atoms with Crippen LogP contribution in [-0.2, 0) is 10.2 Å². The maximum Gasteiger partial charge on any atom is 0.0671 e. The van der Waals surface area contributed by atoms with Crippen LogP contribution in [0.5, 0.6) is 0 Å². The molecule has 1 aliphatic carbocycles. The molecule has 1 aromatic carbocycles. The summed E-state index contributed by atoms with van der Waals surface area (Å²) < 4.78 is 6.18. The van der Waals surface area contributed by atoms with Gasteiger partial charge in [0.15, 0.2) is 0 Å². The van der Waals surface area contributed by atoms with Crippen molar-refractivity contribution < 1.29 is 4.74 Å². The van der Waals surface area contributed by atoms with Gasteiger partial charge in [0, 0.05) is 12.0 Å². The Kier molecular flexibility index (Phi) is 3.69. The Hall–Kier alpha value is -0.820. The lowest BCUT2D eigenvalue weighted by molar-refractivity contribution is -0.0481. The minimum atomic E-state index is 0.319. The van der Waals surface area contributed by atoms with Crippen molar-refractivity contribution in [1.29, 1.82) is 0 Å². The largest absolute Gasteiger partial charge is 0.377 e. The van der Waals surface area contributed by atoms with Gasteiger partial charge in [0.25, 0.3) is 0 Å². The van der Waals surface area contributed by atoms with Crippen LogP contribution in [0, 0.1) is 0 Å². The Morgan fingerprint density at radius 2 is 1.67 bits per heavy atom. The Labute approximate surface area is 111 Å². The summed E-state index contributed by atoms with van der Waals surface area (Å²) in [6.07, 6.45) is 11.1. The first-order valence-corrected chi connectivity index (χ1v) is 7.59. The van der Waals surface area contributed by atoms with Gasteiger partial charge in [-0.1, -0.05) is 49.6 Å². The monoisotopic (exact) mass is 244 g/mol. The average Bonchev–Trinajstić information content (AvgIpc) is 2.50. The minimum Gasteiger partial charge on any atom is -0.377 e. The molecule has 1 saturated heterocycles. The summed E-state index contributed by atoms with van der Waals surface area (Å²) in [5, 5.41) is 0. The summed E-state index contributed by atoms with van der Waals surface area (Å²) in [6, 6.07) is 11.2. The third-order valence-corrected chi connectivity index (χ3v) is 4.89. The van der Waals surface area contributed by atoms with Crippen LogP contribution < -0.4 is 0 Å². The maximum atomic E-state index is 6.18. The third kappa shape index (κ3) is 2.21. The highest BCUT2D eigenvalue weighted by Crippen LogP contribution is 2.45. The van der Waals surface area contributed by atoms with Gasteiger partial charge < -0.3 is 4.74 Å². The molecule has 0 amide bonds. The smallest absolute Gasteiger partial charge is 0.0671 e. The first kappa shape index (κ1) is 12.2. The Bertz CT molecular complexity index is 358. The van der Waals surface area contributed by atoms with Gasteiger partial charge >= 0.3 is 0 Å². The van der Waals surface area contributed by atoms with E-state index in [9.17, 15) is 0 Å². The second-order valence-corrected chi connectivity index (χ2v) is 5.94. The maximum absolute atomic E-state index is 6.18. The highest BCUT2D eigenvalue weighted by atomic mass is 16.5. The fraction of sp³-hybridized carbons (Fsp3) is 0.647. The fourth-order valence-corrected chi connectivity index (χ4v) is 3.93. The van der Waals surface area contributed by atoms with E-state index in [0.29, 0.717) is 11.5 Å². The molecule has 0 aromatic heterocycles. The van der Waals surface area contributed by atoms with Crippen LogP contribution in [0.1, 0.15) is 56.9 Å². The van der Waals surface area contributed by atoms with Gasteiger partial charge in [0.2, 0.25) is 0 Å². The van der Waals surface area contributed by atoms with E-state index in [4.69, 9.17) is 4.74 Å². The standard InChI is InChI=1S/C17H24O/c1-3-9-15(10-4-1)17(12-6-2-7-13-17)16-11-5-8-14-18-16/h1,3-4,9-10,16H,2,5-8,11-14H2. The predicted molar refractivity (Wildman–Crippen MR) is 74.8 cm³/mol. The Morgan fingerprint density at radius 1 is 0.889 bits per heavy atom. The molecular formula is C17H24O. The van der Waals surface area contributed by atoms with Crippen LogP contribution in [0.2, 0.25) is 0 Å². The zero-order chi connectivity index (χ0) is 12.3. The molecule has 1 heteroatoms. The molecule has 1 saturated carbocycles. The fourth-order valence-electron chi connectivity index (χ4n) is 3.93. The Balaban J connectivity index is 1.92. The molecule has 0 bridgehead atoms. The van der Waals surface area contributed by atoms with Gasteiger partial charge in [0.05, 0.1) is 6.10 Å². The SMILES string of the molecule is c1ccc(C2(C3CCCCO3)CCCCC2)cc1. The number of hydrogen-bond donors (Lipinski definition) is 0. The Morgan fingerprint density at radius 3 is 2.33 bits per heavy atom. The van der Waals surface area contributed by atoms with Crippen molar-refractivity contribution in [3.8, 4) is 0 Å². The number of hydrogen-bond acceptors (Lipinski definition) is 1. The minimum absolute atomic E-state index is 0.319. The van der Waals surface area contributed by atoms with E-state index in [1.807, 2.05) is 0 Å². The summed E-state index contributed by atoms with van der Waals surface area (Å²) >= 11 is 0. The zero-order valence-corrected chi connectivity index (χ0v) is 11.2. The van der Waals surface area contributed by atoms with Crippen molar-refractivity contribution in [2.24, 2.45) is 0 Å². The van der Waals surface area contributed by atoms with Gasteiger partial charge in [-0.05, 0) is 37.7 Å². The lowest BCUT2D eigenvalue weighted by Gasteiger charge is -2.45. The molecule has 98 valence electrons. The summed E-state index contributed by atoms with van der Waals surface area (Å²) in [5.41, 5.74) is 1.84. The lowest BCUT2D eigenvalue weighted by Crippen LogP contribution is -2.44. The molecule has 1 aliphatic heterocycles. The number of ether oxygens (including phenoxy) is 1. The molecule has 18 heavy (non-hydrogen) atoms. The van der Waals surface area contributed by atoms with Crippen LogP contribution in [-0.4, -0.2) is 12.7 Å². The second-order valence-electron chi connectivity index (χ2n) is 5.94. The van der Waals surface area contributed by atoms with Gasteiger partial charge in [-0.25, -0.2) is 0 Å². The summed E-state index contributed by atoms with van der Waals surface area (Å²) in [6.45, 7) is 0.971. The molecule has 2 aliphatic rings. The van der Waals surface area contributed by atoms with Gasteiger partial charge in [0.1, 0.15) is 0 Å².